The topological polar surface area (TPSA) is 20.5 Å². The van der Waals surface area contributed by atoms with Crippen molar-refractivity contribution in [2.24, 2.45) is 0 Å². The first-order valence-corrected chi connectivity index (χ1v) is 5.48. The average Bonchev–Trinajstić information content (AvgIpc) is 2.53. The number of nitrogens with zero attached hydrogens (tertiary/aromatic N) is 3. The van der Waals surface area contributed by atoms with Crippen LogP contribution in [0, 0.1) is 6.92 Å². The molecular formula is C12H14F3N3. The number of imidazole rings is 1. The maximum absolute atomic E-state index is 12.7. The Balaban J connectivity index is 2.59. The van der Waals surface area contributed by atoms with E-state index in [1.54, 1.807) is 6.92 Å². The van der Waals surface area contributed by atoms with Crippen LogP contribution in [0.3, 0.4) is 0 Å². The molecule has 2 aromatic heterocycles. The van der Waals surface area contributed by atoms with Gasteiger partial charge in [0.25, 0.3) is 0 Å². The van der Waals surface area contributed by atoms with E-state index < -0.39 is 11.7 Å². The first-order chi connectivity index (χ1) is 8.29. The lowest BCUT2D eigenvalue weighted by Crippen LogP contribution is -2.14. The van der Waals surface area contributed by atoms with Crippen molar-refractivity contribution >= 4 is 5.65 Å². The second-order valence-corrected chi connectivity index (χ2v) is 4.53. The smallest absolute Gasteiger partial charge is 0.304 e. The zero-order chi connectivity index (χ0) is 13.5. The molecule has 2 aromatic rings. The molecule has 0 radical (unpaired) electrons. The van der Waals surface area contributed by atoms with Gasteiger partial charge in [0.2, 0.25) is 0 Å². The van der Waals surface area contributed by atoms with Crippen LogP contribution in [0.25, 0.3) is 5.65 Å². The lowest BCUT2D eigenvalue weighted by Gasteiger charge is -2.12. The predicted molar refractivity (Wildman–Crippen MR) is 62.3 cm³/mol. The molecule has 6 heteroatoms. The summed E-state index contributed by atoms with van der Waals surface area (Å²) >= 11 is 0. The molecule has 2 heterocycles. The summed E-state index contributed by atoms with van der Waals surface area (Å²) in [5, 5.41) is 0. The van der Waals surface area contributed by atoms with E-state index in [2.05, 4.69) is 4.98 Å². The van der Waals surface area contributed by atoms with Gasteiger partial charge in [-0.15, -0.1) is 0 Å². The lowest BCUT2D eigenvalue weighted by molar-refractivity contribution is -0.137. The normalized spacial score (nSPS) is 12.6. The molecule has 0 saturated carbocycles. The molecule has 0 unspecified atom stereocenters. The second kappa shape index (κ2) is 4.28. The van der Waals surface area contributed by atoms with Crippen LogP contribution in [0.1, 0.15) is 17.0 Å². The van der Waals surface area contributed by atoms with Crippen LogP contribution >= 0.6 is 0 Å². The maximum atomic E-state index is 12.7. The molecular weight excluding hydrogens is 243 g/mol. The molecule has 98 valence electrons. The molecule has 0 aliphatic rings. The monoisotopic (exact) mass is 257 g/mol. The molecule has 0 amide bonds. The third-order valence-electron chi connectivity index (χ3n) is 2.71. The first-order valence-electron chi connectivity index (χ1n) is 5.48. The van der Waals surface area contributed by atoms with E-state index in [4.69, 9.17) is 0 Å². The van der Waals surface area contributed by atoms with Crippen LogP contribution in [0.15, 0.2) is 18.3 Å². The van der Waals surface area contributed by atoms with Crippen molar-refractivity contribution in [1.82, 2.24) is 14.3 Å². The summed E-state index contributed by atoms with van der Waals surface area (Å²) in [5.41, 5.74) is 1.41. The summed E-state index contributed by atoms with van der Waals surface area (Å²) < 4.78 is 39.5. The minimum absolute atomic E-state index is 0.539. The fourth-order valence-corrected chi connectivity index (χ4v) is 1.87. The number of halogens is 3. The molecule has 0 saturated heterocycles. The van der Waals surface area contributed by atoms with Gasteiger partial charge < -0.3 is 9.30 Å². The fraction of sp³-hybridized carbons (Fsp3) is 0.417. The zero-order valence-corrected chi connectivity index (χ0v) is 10.4. The van der Waals surface area contributed by atoms with Gasteiger partial charge in [-0.05, 0) is 33.2 Å². The Morgan fingerprint density at radius 1 is 1.28 bits per heavy atom. The van der Waals surface area contributed by atoms with Gasteiger partial charge in [-0.3, -0.25) is 0 Å². The van der Waals surface area contributed by atoms with Gasteiger partial charge in [-0.1, -0.05) is 0 Å². The molecule has 3 nitrogen and oxygen atoms in total. The van der Waals surface area contributed by atoms with Crippen molar-refractivity contribution in [2.45, 2.75) is 19.6 Å². The van der Waals surface area contributed by atoms with E-state index in [1.165, 1.54) is 10.5 Å². The van der Waals surface area contributed by atoms with Gasteiger partial charge in [0.1, 0.15) is 5.65 Å². The van der Waals surface area contributed by atoms with E-state index in [1.807, 2.05) is 19.0 Å². The third kappa shape index (κ3) is 2.33. The van der Waals surface area contributed by atoms with Crippen molar-refractivity contribution in [3.8, 4) is 0 Å². The van der Waals surface area contributed by atoms with Gasteiger partial charge in [0, 0.05) is 12.7 Å². The number of fused-ring (bicyclic) bond motifs is 1. The molecule has 2 rings (SSSR count). The lowest BCUT2D eigenvalue weighted by atomic mass is 10.2. The van der Waals surface area contributed by atoms with Crippen LogP contribution in [0.5, 0.6) is 0 Å². The molecule has 0 fully saturated rings. The first kappa shape index (κ1) is 12.9. The number of hydrogen-bond donors (Lipinski definition) is 0. The molecule has 0 aliphatic carbocycles. The number of aromatic nitrogens is 2. The average molecular weight is 257 g/mol. The number of aryl methyl sites for hydroxylation is 1. The van der Waals surface area contributed by atoms with E-state index in [0.29, 0.717) is 12.2 Å². The van der Waals surface area contributed by atoms with E-state index in [-0.39, 0.29) is 0 Å². The third-order valence-corrected chi connectivity index (χ3v) is 2.71. The minimum atomic E-state index is -4.33. The van der Waals surface area contributed by atoms with Crippen molar-refractivity contribution < 1.29 is 13.2 Å². The van der Waals surface area contributed by atoms with Gasteiger partial charge in [0.05, 0.1) is 17.0 Å². The number of rotatable bonds is 2. The zero-order valence-electron chi connectivity index (χ0n) is 10.4. The summed E-state index contributed by atoms with van der Waals surface area (Å²) in [6, 6.07) is 2.45. The number of pyridine rings is 1. The molecule has 0 bridgehead atoms. The highest BCUT2D eigenvalue weighted by molar-refractivity contribution is 5.45. The largest absolute Gasteiger partial charge is 0.417 e. The van der Waals surface area contributed by atoms with Gasteiger partial charge in [-0.2, -0.15) is 13.2 Å². The Kier molecular flexibility index (Phi) is 3.06. The summed E-state index contributed by atoms with van der Waals surface area (Å²) in [5.74, 6) is 0. The quantitative estimate of drug-likeness (QED) is 0.824. The van der Waals surface area contributed by atoms with E-state index in [9.17, 15) is 13.2 Å². The Morgan fingerprint density at radius 3 is 2.50 bits per heavy atom. The van der Waals surface area contributed by atoms with Gasteiger partial charge in [-0.25, -0.2) is 4.98 Å². The molecule has 18 heavy (non-hydrogen) atoms. The fourth-order valence-electron chi connectivity index (χ4n) is 1.87. The predicted octanol–water partition coefficient (Wildman–Crippen LogP) is 2.72. The Bertz CT molecular complexity index is 570. The number of hydrogen-bond acceptors (Lipinski definition) is 2. The van der Waals surface area contributed by atoms with Crippen LogP contribution in [0.2, 0.25) is 0 Å². The highest BCUT2D eigenvalue weighted by atomic mass is 19.4. The highest BCUT2D eigenvalue weighted by Gasteiger charge is 2.31. The Labute approximate surface area is 103 Å². The van der Waals surface area contributed by atoms with Crippen molar-refractivity contribution in [2.75, 3.05) is 14.1 Å². The summed E-state index contributed by atoms with van der Waals surface area (Å²) in [6.07, 6.45) is -3.23. The van der Waals surface area contributed by atoms with Crippen molar-refractivity contribution in [3.63, 3.8) is 0 Å². The molecule has 0 aliphatic heterocycles. The standard InChI is InChI=1S/C12H14F3N3/c1-8-10(7-17(2)3)18-6-9(12(13,14)15)4-5-11(18)16-8/h4-6H,7H2,1-3H3. The molecule has 0 aromatic carbocycles. The van der Waals surface area contributed by atoms with Gasteiger partial charge in [0.15, 0.2) is 0 Å². The van der Waals surface area contributed by atoms with Crippen molar-refractivity contribution in [3.05, 3.63) is 35.3 Å². The molecule has 0 atom stereocenters. The van der Waals surface area contributed by atoms with Crippen LogP contribution < -0.4 is 0 Å². The van der Waals surface area contributed by atoms with Crippen LogP contribution in [0.4, 0.5) is 13.2 Å². The maximum Gasteiger partial charge on any atom is 0.417 e. The minimum Gasteiger partial charge on any atom is -0.304 e. The van der Waals surface area contributed by atoms with Crippen LogP contribution in [-0.4, -0.2) is 28.4 Å². The van der Waals surface area contributed by atoms with E-state index in [0.717, 1.165) is 23.7 Å². The molecule has 0 N–H and O–H groups in total. The second-order valence-electron chi connectivity index (χ2n) is 4.53. The summed E-state index contributed by atoms with van der Waals surface area (Å²) in [4.78, 5) is 6.16. The number of alkyl halides is 3. The Hall–Kier alpha value is -1.56. The summed E-state index contributed by atoms with van der Waals surface area (Å²) in [6.45, 7) is 2.35. The molecule has 0 spiro atoms. The SMILES string of the molecule is Cc1nc2ccc(C(F)(F)F)cn2c1CN(C)C. The summed E-state index contributed by atoms with van der Waals surface area (Å²) in [7, 11) is 3.74. The Morgan fingerprint density at radius 2 is 1.94 bits per heavy atom. The van der Waals surface area contributed by atoms with Gasteiger partial charge >= 0.3 is 6.18 Å². The van der Waals surface area contributed by atoms with Crippen LogP contribution in [-0.2, 0) is 12.7 Å². The van der Waals surface area contributed by atoms with E-state index >= 15 is 0 Å². The van der Waals surface area contributed by atoms with Crippen molar-refractivity contribution in [1.29, 1.82) is 0 Å². The highest BCUT2D eigenvalue weighted by Crippen LogP contribution is 2.29.